The third-order valence-corrected chi connectivity index (χ3v) is 3.55. The molecule has 1 saturated heterocycles. The van der Waals surface area contributed by atoms with Crippen LogP contribution in [-0.4, -0.2) is 37.6 Å². The first-order chi connectivity index (χ1) is 8.86. The van der Waals surface area contributed by atoms with Gasteiger partial charge in [-0.1, -0.05) is 5.21 Å². The topological polar surface area (TPSA) is 60.6 Å². The molecule has 1 aliphatic rings. The monoisotopic (exact) mass is 246 g/mol. The van der Waals surface area contributed by atoms with E-state index in [2.05, 4.69) is 25.3 Å². The van der Waals surface area contributed by atoms with Crippen molar-refractivity contribution in [2.75, 3.05) is 13.1 Å². The number of nitrogens with one attached hydrogen (secondary N) is 1. The Hall–Kier alpha value is -1.69. The lowest BCUT2D eigenvalue weighted by atomic mass is 10.1. The van der Waals surface area contributed by atoms with Crippen molar-refractivity contribution in [1.29, 1.82) is 0 Å². The molecule has 96 valence electrons. The number of nitrogens with zero attached hydrogens (tertiary/aromatic N) is 5. The van der Waals surface area contributed by atoms with Crippen LogP contribution < -0.4 is 5.32 Å². The number of aromatic nitrogens is 5. The van der Waals surface area contributed by atoms with Gasteiger partial charge in [0.25, 0.3) is 0 Å². The van der Waals surface area contributed by atoms with Gasteiger partial charge >= 0.3 is 0 Å². The molecule has 0 amide bonds. The second-order valence-electron chi connectivity index (χ2n) is 4.79. The van der Waals surface area contributed by atoms with Crippen LogP contribution in [-0.2, 0) is 7.05 Å². The zero-order valence-electron chi connectivity index (χ0n) is 10.6. The van der Waals surface area contributed by atoms with Crippen molar-refractivity contribution in [3.63, 3.8) is 0 Å². The van der Waals surface area contributed by atoms with Gasteiger partial charge in [0.15, 0.2) is 0 Å². The molecular weight excluding hydrogens is 228 g/mol. The Balaban J connectivity index is 1.93. The molecule has 0 spiro atoms. The van der Waals surface area contributed by atoms with E-state index in [9.17, 15) is 0 Å². The SMILES string of the molecule is Cn1cncc1-c1cnnn1C1CCCNCC1. The normalized spacial score (nSPS) is 20.8. The predicted molar refractivity (Wildman–Crippen MR) is 68.0 cm³/mol. The molecule has 0 bridgehead atoms. The highest BCUT2D eigenvalue weighted by atomic mass is 15.4. The maximum absolute atomic E-state index is 4.28. The van der Waals surface area contributed by atoms with Crippen molar-refractivity contribution in [1.82, 2.24) is 29.9 Å². The Morgan fingerprint density at radius 3 is 3.00 bits per heavy atom. The van der Waals surface area contributed by atoms with Gasteiger partial charge in [-0.2, -0.15) is 0 Å². The quantitative estimate of drug-likeness (QED) is 0.858. The fraction of sp³-hybridized carbons (Fsp3) is 0.583. The number of hydrogen-bond acceptors (Lipinski definition) is 4. The molecule has 1 aliphatic heterocycles. The van der Waals surface area contributed by atoms with E-state index in [1.54, 1.807) is 6.33 Å². The predicted octanol–water partition coefficient (Wildman–Crippen LogP) is 0.993. The number of rotatable bonds is 2. The zero-order chi connectivity index (χ0) is 12.4. The Bertz CT molecular complexity index is 506. The average molecular weight is 246 g/mol. The van der Waals surface area contributed by atoms with E-state index < -0.39 is 0 Å². The van der Waals surface area contributed by atoms with E-state index in [4.69, 9.17) is 0 Å². The van der Waals surface area contributed by atoms with Gasteiger partial charge in [0.05, 0.1) is 30.5 Å². The van der Waals surface area contributed by atoms with Crippen molar-refractivity contribution in [2.45, 2.75) is 25.3 Å². The number of aryl methyl sites for hydroxylation is 1. The summed E-state index contributed by atoms with van der Waals surface area (Å²) < 4.78 is 4.06. The minimum atomic E-state index is 0.437. The molecule has 2 aromatic heterocycles. The lowest BCUT2D eigenvalue weighted by Crippen LogP contribution is -2.16. The van der Waals surface area contributed by atoms with Crippen molar-refractivity contribution < 1.29 is 0 Å². The molecule has 1 unspecified atom stereocenters. The Morgan fingerprint density at radius 1 is 1.22 bits per heavy atom. The third-order valence-electron chi connectivity index (χ3n) is 3.55. The van der Waals surface area contributed by atoms with E-state index in [1.165, 1.54) is 6.42 Å². The number of hydrogen-bond donors (Lipinski definition) is 1. The molecule has 3 rings (SSSR count). The maximum Gasteiger partial charge on any atom is 0.107 e. The molecule has 0 saturated carbocycles. The van der Waals surface area contributed by atoms with Crippen molar-refractivity contribution in [3.8, 4) is 11.4 Å². The summed E-state index contributed by atoms with van der Waals surface area (Å²) in [7, 11) is 1.99. The van der Waals surface area contributed by atoms with Crippen LogP contribution in [0.1, 0.15) is 25.3 Å². The molecule has 3 heterocycles. The minimum Gasteiger partial charge on any atom is -0.332 e. The zero-order valence-corrected chi connectivity index (χ0v) is 10.6. The molecule has 0 radical (unpaired) electrons. The van der Waals surface area contributed by atoms with Gasteiger partial charge < -0.3 is 9.88 Å². The minimum absolute atomic E-state index is 0.437. The molecule has 1 atom stereocenters. The number of imidazole rings is 1. The molecule has 18 heavy (non-hydrogen) atoms. The van der Waals surface area contributed by atoms with Gasteiger partial charge in [0.2, 0.25) is 0 Å². The largest absolute Gasteiger partial charge is 0.332 e. The fourth-order valence-electron chi connectivity index (χ4n) is 2.55. The van der Waals surface area contributed by atoms with Crippen LogP contribution >= 0.6 is 0 Å². The van der Waals surface area contributed by atoms with Gasteiger partial charge in [-0.3, -0.25) is 0 Å². The van der Waals surface area contributed by atoms with Crippen LogP contribution in [0.5, 0.6) is 0 Å². The Kier molecular flexibility index (Phi) is 3.10. The molecule has 1 N–H and O–H groups in total. The first kappa shape index (κ1) is 11.4. The standard InChI is InChI=1S/C12H18N6/c1-17-9-14-7-11(17)12-8-15-16-18(12)10-3-2-5-13-6-4-10/h7-10,13H,2-6H2,1H3. The lowest BCUT2D eigenvalue weighted by Gasteiger charge is -2.16. The maximum atomic E-state index is 4.28. The lowest BCUT2D eigenvalue weighted by molar-refractivity contribution is 0.408. The molecule has 1 fully saturated rings. The Labute approximate surface area is 106 Å². The van der Waals surface area contributed by atoms with Crippen LogP contribution in [0, 0.1) is 0 Å². The summed E-state index contributed by atoms with van der Waals surface area (Å²) in [5.74, 6) is 0. The van der Waals surface area contributed by atoms with E-state index >= 15 is 0 Å². The first-order valence-electron chi connectivity index (χ1n) is 6.44. The van der Waals surface area contributed by atoms with Gasteiger partial charge in [-0.25, -0.2) is 9.67 Å². The molecule has 0 aliphatic carbocycles. The molecule has 0 aromatic carbocycles. The summed E-state index contributed by atoms with van der Waals surface area (Å²) in [6, 6.07) is 0.437. The fourth-order valence-corrected chi connectivity index (χ4v) is 2.55. The van der Waals surface area contributed by atoms with Gasteiger partial charge in [-0.05, 0) is 32.4 Å². The summed E-state index contributed by atoms with van der Waals surface area (Å²) in [6.45, 7) is 2.15. The summed E-state index contributed by atoms with van der Waals surface area (Å²) in [5.41, 5.74) is 2.12. The molecule has 2 aromatic rings. The Morgan fingerprint density at radius 2 is 2.17 bits per heavy atom. The van der Waals surface area contributed by atoms with Crippen molar-refractivity contribution in [2.24, 2.45) is 7.05 Å². The summed E-state index contributed by atoms with van der Waals surface area (Å²) in [5, 5.41) is 11.8. The van der Waals surface area contributed by atoms with Crippen LogP contribution in [0.25, 0.3) is 11.4 Å². The third kappa shape index (κ3) is 2.03. The van der Waals surface area contributed by atoms with E-state index in [-0.39, 0.29) is 0 Å². The smallest absolute Gasteiger partial charge is 0.107 e. The van der Waals surface area contributed by atoms with E-state index in [0.717, 1.165) is 37.3 Å². The van der Waals surface area contributed by atoms with Crippen molar-refractivity contribution in [3.05, 3.63) is 18.7 Å². The van der Waals surface area contributed by atoms with Crippen LogP contribution in [0.15, 0.2) is 18.7 Å². The molecular formula is C12H18N6. The highest BCUT2D eigenvalue weighted by Gasteiger charge is 2.19. The highest BCUT2D eigenvalue weighted by molar-refractivity contribution is 5.52. The summed E-state index contributed by atoms with van der Waals surface area (Å²) in [6.07, 6.45) is 8.95. The molecule has 6 heteroatoms. The second-order valence-corrected chi connectivity index (χ2v) is 4.79. The second kappa shape index (κ2) is 4.89. The van der Waals surface area contributed by atoms with E-state index in [0.29, 0.717) is 6.04 Å². The highest BCUT2D eigenvalue weighted by Crippen LogP contribution is 2.25. The van der Waals surface area contributed by atoms with Crippen LogP contribution in [0.2, 0.25) is 0 Å². The first-order valence-corrected chi connectivity index (χ1v) is 6.44. The van der Waals surface area contributed by atoms with Crippen LogP contribution in [0.3, 0.4) is 0 Å². The van der Waals surface area contributed by atoms with Gasteiger partial charge in [0, 0.05) is 7.05 Å². The summed E-state index contributed by atoms with van der Waals surface area (Å²) in [4.78, 5) is 4.16. The average Bonchev–Trinajstić information content (AvgIpc) is 2.91. The van der Waals surface area contributed by atoms with Gasteiger partial charge in [0.1, 0.15) is 5.69 Å². The van der Waals surface area contributed by atoms with Crippen LogP contribution in [0.4, 0.5) is 0 Å². The summed E-state index contributed by atoms with van der Waals surface area (Å²) >= 11 is 0. The van der Waals surface area contributed by atoms with E-state index in [1.807, 2.05) is 24.0 Å². The molecule has 6 nitrogen and oxygen atoms in total. The van der Waals surface area contributed by atoms with Crippen molar-refractivity contribution >= 4 is 0 Å². The van der Waals surface area contributed by atoms with Gasteiger partial charge in [-0.15, -0.1) is 5.10 Å².